The summed E-state index contributed by atoms with van der Waals surface area (Å²) in [5.41, 5.74) is -5.54. The smallest absolute Gasteiger partial charge is 0.376 e. The van der Waals surface area contributed by atoms with Crippen molar-refractivity contribution in [2.75, 3.05) is 4.31 Å². The number of benzene rings is 3. The number of sulfonamides is 1. The monoisotopic (exact) mass is 505 g/mol. The van der Waals surface area contributed by atoms with E-state index in [9.17, 15) is 30.0 Å². The number of halogens is 4. The van der Waals surface area contributed by atoms with Crippen LogP contribution in [0.5, 0.6) is 5.75 Å². The molecule has 0 amide bonds. The molecule has 0 bridgehead atoms. The molecular formula is C20H15ClF3NO5S2. The molecule has 0 N–H and O–H groups in total. The summed E-state index contributed by atoms with van der Waals surface area (Å²) in [6.45, 7) is -0.501. The zero-order chi connectivity index (χ0) is 23.6. The zero-order valence-electron chi connectivity index (χ0n) is 16.0. The van der Waals surface area contributed by atoms with Gasteiger partial charge in [-0.05, 0) is 42.5 Å². The van der Waals surface area contributed by atoms with Crippen LogP contribution in [-0.2, 0) is 26.7 Å². The maximum atomic E-state index is 13.3. The summed E-state index contributed by atoms with van der Waals surface area (Å²) in [6, 6.07) is 18.1. The first kappa shape index (κ1) is 23.9. The predicted molar refractivity (Wildman–Crippen MR) is 113 cm³/mol. The molecule has 12 heteroatoms. The van der Waals surface area contributed by atoms with E-state index in [1.165, 1.54) is 54.6 Å². The minimum atomic E-state index is -5.95. The fraction of sp³-hybridized carbons (Fsp3) is 0.100. The summed E-state index contributed by atoms with van der Waals surface area (Å²) >= 11 is 5.83. The maximum Gasteiger partial charge on any atom is 0.534 e. The molecule has 0 heterocycles. The highest BCUT2D eigenvalue weighted by Gasteiger charge is 2.48. The highest BCUT2D eigenvalue weighted by Crippen LogP contribution is 2.32. The van der Waals surface area contributed by atoms with Gasteiger partial charge < -0.3 is 4.18 Å². The van der Waals surface area contributed by atoms with Crippen LogP contribution in [-0.4, -0.2) is 22.3 Å². The molecule has 170 valence electrons. The van der Waals surface area contributed by atoms with Gasteiger partial charge in [-0.3, -0.25) is 4.31 Å². The minimum Gasteiger partial charge on any atom is -0.376 e. The molecule has 0 fully saturated rings. The van der Waals surface area contributed by atoms with Crippen LogP contribution < -0.4 is 8.49 Å². The van der Waals surface area contributed by atoms with Crippen molar-refractivity contribution < 1.29 is 34.2 Å². The number of hydrogen-bond donors (Lipinski definition) is 0. The largest absolute Gasteiger partial charge is 0.534 e. The lowest BCUT2D eigenvalue weighted by molar-refractivity contribution is -0.0500. The van der Waals surface area contributed by atoms with Gasteiger partial charge in [0.25, 0.3) is 10.0 Å². The molecule has 0 aromatic heterocycles. The summed E-state index contributed by atoms with van der Waals surface area (Å²) in [4.78, 5) is -0.118. The average Bonchev–Trinajstić information content (AvgIpc) is 2.73. The molecule has 0 saturated carbocycles. The van der Waals surface area contributed by atoms with Crippen molar-refractivity contribution in [2.45, 2.75) is 16.9 Å². The third-order valence-electron chi connectivity index (χ3n) is 4.22. The average molecular weight is 506 g/mol. The van der Waals surface area contributed by atoms with Crippen LogP contribution in [0.25, 0.3) is 0 Å². The Morgan fingerprint density at radius 2 is 1.38 bits per heavy atom. The van der Waals surface area contributed by atoms with Gasteiger partial charge in [-0.1, -0.05) is 48.0 Å². The van der Waals surface area contributed by atoms with Crippen molar-refractivity contribution in [3.05, 3.63) is 89.4 Å². The van der Waals surface area contributed by atoms with Gasteiger partial charge in [0, 0.05) is 10.6 Å². The predicted octanol–water partition coefficient (Wildman–Crippen LogP) is 4.96. The third kappa shape index (κ3) is 5.17. The van der Waals surface area contributed by atoms with Crippen LogP contribution in [0.1, 0.15) is 5.56 Å². The van der Waals surface area contributed by atoms with Crippen molar-refractivity contribution in [3.63, 3.8) is 0 Å². The molecule has 0 unspecified atom stereocenters. The van der Waals surface area contributed by atoms with E-state index in [0.29, 0.717) is 5.02 Å². The molecule has 3 aromatic carbocycles. The SMILES string of the molecule is O=S(=O)(c1ccc(Cl)cc1)N(Cc1ccccc1OS(=O)(=O)C(F)(F)F)c1ccccc1. The second kappa shape index (κ2) is 9.00. The Labute approximate surface area is 188 Å². The molecule has 0 spiro atoms. The minimum absolute atomic E-state index is 0.0956. The fourth-order valence-electron chi connectivity index (χ4n) is 2.68. The van der Waals surface area contributed by atoms with E-state index in [1.54, 1.807) is 18.2 Å². The third-order valence-corrected chi connectivity index (χ3v) is 7.22. The Morgan fingerprint density at radius 1 is 0.812 bits per heavy atom. The van der Waals surface area contributed by atoms with Crippen molar-refractivity contribution in [1.29, 1.82) is 0 Å². The molecule has 32 heavy (non-hydrogen) atoms. The summed E-state index contributed by atoms with van der Waals surface area (Å²) in [7, 11) is -10.2. The Bertz CT molecular complexity index is 1300. The lowest BCUT2D eigenvalue weighted by Gasteiger charge is -2.25. The maximum absolute atomic E-state index is 13.3. The van der Waals surface area contributed by atoms with Gasteiger partial charge in [-0.25, -0.2) is 8.42 Å². The molecule has 0 saturated heterocycles. The van der Waals surface area contributed by atoms with Gasteiger partial charge in [0.05, 0.1) is 17.1 Å². The molecule has 6 nitrogen and oxygen atoms in total. The topological polar surface area (TPSA) is 80.8 Å². The van der Waals surface area contributed by atoms with Crippen LogP contribution in [0.3, 0.4) is 0 Å². The molecule has 3 rings (SSSR count). The van der Waals surface area contributed by atoms with E-state index < -0.39 is 37.9 Å². The van der Waals surface area contributed by atoms with E-state index in [-0.39, 0.29) is 16.1 Å². The van der Waals surface area contributed by atoms with Gasteiger partial charge in [-0.2, -0.15) is 21.6 Å². The number of alkyl halides is 3. The van der Waals surface area contributed by atoms with Gasteiger partial charge in [-0.15, -0.1) is 0 Å². The van der Waals surface area contributed by atoms with E-state index in [0.717, 1.165) is 10.4 Å². The Hall–Kier alpha value is -2.76. The summed E-state index contributed by atoms with van der Waals surface area (Å²) in [5.74, 6) is -0.642. The molecule has 0 aliphatic rings. The Kier molecular flexibility index (Phi) is 6.72. The van der Waals surface area contributed by atoms with Crippen LogP contribution in [0.2, 0.25) is 5.02 Å². The van der Waals surface area contributed by atoms with Gasteiger partial charge in [0.1, 0.15) is 5.75 Å². The Morgan fingerprint density at radius 3 is 1.97 bits per heavy atom. The van der Waals surface area contributed by atoms with Crippen LogP contribution in [0.15, 0.2) is 83.8 Å². The quantitative estimate of drug-likeness (QED) is 0.335. The molecule has 0 atom stereocenters. The standard InChI is InChI=1S/C20H15ClF3NO5S2/c21-16-10-12-18(13-11-16)31(26,27)25(17-7-2-1-3-8-17)14-15-6-4-5-9-19(15)30-32(28,29)20(22,23)24/h1-13H,14H2. The van der Waals surface area contributed by atoms with E-state index in [1.807, 2.05) is 0 Å². The van der Waals surface area contributed by atoms with Crippen LogP contribution >= 0.6 is 11.6 Å². The lowest BCUT2D eigenvalue weighted by atomic mass is 10.2. The molecule has 3 aromatic rings. The number of rotatable bonds is 7. The fourth-order valence-corrected chi connectivity index (χ4v) is 4.74. The van der Waals surface area contributed by atoms with Gasteiger partial charge >= 0.3 is 15.6 Å². The number of nitrogens with zero attached hydrogens (tertiary/aromatic N) is 1. The number of para-hydroxylation sites is 2. The first-order valence-electron chi connectivity index (χ1n) is 8.84. The Balaban J connectivity index is 2.07. The van der Waals surface area contributed by atoms with Crippen LogP contribution in [0, 0.1) is 0 Å². The number of hydrogen-bond acceptors (Lipinski definition) is 5. The van der Waals surface area contributed by atoms with E-state index in [2.05, 4.69) is 4.18 Å². The summed E-state index contributed by atoms with van der Waals surface area (Å²) < 4.78 is 93.3. The normalized spacial score (nSPS) is 12.4. The first-order chi connectivity index (χ1) is 14.9. The second-order valence-electron chi connectivity index (χ2n) is 6.39. The summed E-state index contributed by atoms with van der Waals surface area (Å²) in [6.07, 6.45) is 0. The van der Waals surface area contributed by atoms with E-state index >= 15 is 0 Å². The van der Waals surface area contributed by atoms with Crippen molar-refractivity contribution >= 4 is 37.4 Å². The van der Waals surface area contributed by atoms with Gasteiger partial charge in [0.15, 0.2) is 0 Å². The molecule has 0 aliphatic carbocycles. The van der Waals surface area contributed by atoms with Crippen molar-refractivity contribution in [3.8, 4) is 5.75 Å². The first-order valence-corrected chi connectivity index (χ1v) is 12.1. The van der Waals surface area contributed by atoms with Crippen molar-refractivity contribution in [1.82, 2.24) is 0 Å². The molecule has 0 radical (unpaired) electrons. The number of anilines is 1. The second-order valence-corrected chi connectivity index (χ2v) is 10.2. The van der Waals surface area contributed by atoms with E-state index in [4.69, 9.17) is 11.6 Å². The zero-order valence-corrected chi connectivity index (χ0v) is 18.4. The van der Waals surface area contributed by atoms with Crippen molar-refractivity contribution in [2.24, 2.45) is 0 Å². The lowest BCUT2D eigenvalue weighted by Crippen LogP contribution is -2.32. The highest BCUT2D eigenvalue weighted by molar-refractivity contribution is 7.92. The molecular weight excluding hydrogens is 491 g/mol. The highest BCUT2D eigenvalue weighted by atomic mass is 35.5. The summed E-state index contributed by atoms with van der Waals surface area (Å²) in [5, 5.41) is 0.311. The van der Waals surface area contributed by atoms with Crippen LogP contribution in [0.4, 0.5) is 18.9 Å². The van der Waals surface area contributed by atoms with Gasteiger partial charge in [0.2, 0.25) is 0 Å². The molecule has 0 aliphatic heterocycles.